The lowest BCUT2D eigenvalue weighted by Gasteiger charge is -2.38. The highest BCUT2D eigenvalue weighted by atomic mass is 28.3. The maximum Gasteiger partial charge on any atom is 0.306 e. The Hall–Kier alpha value is -0.626. The first-order chi connectivity index (χ1) is 13.0. The number of unbranched alkanes of at least 4 members (excludes halogenated alkanes) is 6. The Balaban J connectivity index is 5.17. The van der Waals surface area contributed by atoms with E-state index >= 15 is 0 Å². The summed E-state index contributed by atoms with van der Waals surface area (Å²) < 4.78 is 11.3. The molecule has 4 nitrogen and oxygen atoms in total. The maximum absolute atomic E-state index is 13.1. The molecule has 0 bridgehead atoms. The van der Waals surface area contributed by atoms with Gasteiger partial charge in [-0.15, -0.1) is 0 Å². The van der Waals surface area contributed by atoms with Crippen LogP contribution in [0.2, 0.25) is 50.4 Å². The van der Waals surface area contributed by atoms with Crippen molar-refractivity contribution in [3.63, 3.8) is 0 Å². The van der Waals surface area contributed by atoms with Crippen molar-refractivity contribution in [1.82, 2.24) is 0 Å². The minimum Gasteiger partial charge on any atom is -0.466 e. The van der Waals surface area contributed by atoms with Crippen LogP contribution in [0.5, 0.6) is 0 Å². The quantitative estimate of drug-likeness (QED) is 0.166. The van der Waals surface area contributed by atoms with Crippen LogP contribution in [0.4, 0.5) is 0 Å². The molecule has 0 aromatic rings. The van der Waals surface area contributed by atoms with Crippen molar-refractivity contribution >= 4 is 28.1 Å². The van der Waals surface area contributed by atoms with Crippen LogP contribution in [0, 0.1) is 0 Å². The van der Waals surface area contributed by atoms with Gasteiger partial charge in [-0.3, -0.25) is 9.59 Å². The van der Waals surface area contributed by atoms with E-state index in [0.29, 0.717) is 13.2 Å². The molecule has 0 aliphatic carbocycles. The zero-order valence-corrected chi connectivity index (χ0v) is 21.9. The third-order valence-electron chi connectivity index (χ3n) is 5.19. The molecule has 0 rings (SSSR count). The molecule has 0 fully saturated rings. The Morgan fingerprint density at radius 1 is 0.607 bits per heavy atom. The third-order valence-corrected chi connectivity index (χ3v) is 10.4. The lowest BCUT2D eigenvalue weighted by atomic mass is 10.2. The van der Waals surface area contributed by atoms with Crippen LogP contribution in [0.15, 0.2) is 0 Å². The van der Waals surface area contributed by atoms with Gasteiger partial charge in [-0.1, -0.05) is 91.7 Å². The largest absolute Gasteiger partial charge is 0.466 e. The fourth-order valence-electron chi connectivity index (χ4n) is 3.56. The van der Waals surface area contributed by atoms with Gasteiger partial charge in [0.05, 0.1) is 40.4 Å². The molecule has 0 N–H and O–H groups in total. The summed E-state index contributed by atoms with van der Waals surface area (Å²) in [5.74, 6) is -0.350. The highest BCUT2D eigenvalue weighted by Crippen LogP contribution is 2.43. The predicted molar refractivity (Wildman–Crippen MR) is 124 cm³/mol. The monoisotopic (exact) mass is 430 g/mol. The van der Waals surface area contributed by atoms with Gasteiger partial charge >= 0.3 is 11.9 Å². The van der Waals surface area contributed by atoms with Crippen molar-refractivity contribution in [3.05, 3.63) is 0 Å². The van der Waals surface area contributed by atoms with Crippen molar-refractivity contribution in [1.29, 1.82) is 0 Å². The summed E-state index contributed by atoms with van der Waals surface area (Å²) in [6, 6.07) is 0. The Labute approximate surface area is 176 Å². The van der Waals surface area contributed by atoms with Crippen LogP contribution in [-0.2, 0) is 19.1 Å². The van der Waals surface area contributed by atoms with Crippen molar-refractivity contribution in [3.8, 4) is 0 Å². The van der Waals surface area contributed by atoms with Crippen LogP contribution in [0.3, 0.4) is 0 Å². The number of rotatable bonds is 15. The van der Waals surface area contributed by atoms with E-state index in [-0.39, 0.29) is 23.0 Å². The number of carbonyl (C=O) groups excluding carboxylic acids is 2. The Morgan fingerprint density at radius 3 is 1.18 bits per heavy atom. The molecule has 6 heteroatoms. The first-order valence-electron chi connectivity index (χ1n) is 11.3. The van der Waals surface area contributed by atoms with Crippen molar-refractivity contribution in [2.75, 3.05) is 13.2 Å². The van der Waals surface area contributed by atoms with E-state index < -0.39 is 16.1 Å². The normalized spacial score (nSPS) is 14.4. The second kappa shape index (κ2) is 13.6. The average molecular weight is 431 g/mol. The van der Waals surface area contributed by atoms with E-state index in [4.69, 9.17) is 9.47 Å². The lowest BCUT2D eigenvalue weighted by Crippen LogP contribution is -2.48. The molecular weight excluding hydrogens is 384 g/mol. The van der Waals surface area contributed by atoms with Gasteiger partial charge in [0, 0.05) is 0 Å². The minimum absolute atomic E-state index is 0.175. The Morgan fingerprint density at radius 2 is 0.929 bits per heavy atom. The molecule has 0 saturated heterocycles. The topological polar surface area (TPSA) is 52.6 Å². The van der Waals surface area contributed by atoms with E-state index in [2.05, 4.69) is 53.1 Å². The van der Waals surface area contributed by atoms with Crippen LogP contribution in [-0.4, -0.2) is 41.3 Å². The van der Waals surface area contributed by atoms with Crippen LogP contribution >= 0.6 is 0 Å². The number of ether oxygens (including phenoxy) is 2. The molecule has 0 saturated carbocycles. The summed E-state index contributed by atoms with van der Waals surface area (Å²) in [6.45, 7) is 18.2. The summed E-state index contributed by atoms with van der Waals surface area (Å²) in [5, 5.41) is 0. The standard InChI is InChI=1S/C22H46O4Si2/c1-9-11-13-15-17-25-21(23)19(27(3,4)5)20(28(6,7)8)22(24)26-18-16-14-12-10-2/h19-20H,9-18H2,1-8H3/t19-,20+. The van der Waals surface area contributed by atoms with E-state index in [1.54, 1.807) is 0 Å². The molecule has 2 atom stereocenters. The molecular formula is C22H46O4Si2. The number of esters is 2. The zero-order chi connectivity index (χ0) is 21.8. The fourth-order valence-corrected chi connectivity index (χ4v) is 10.4. The van der Waals surface area contributed by atoms with E-state index in [1.807, 2.05) is 0 Å². The van der Waals surface area contributed by atoms with Gasteiger partial charge in [-0.05, 0) is 12.8 Å². The zero-order valence-electron chi connectivity index (χ0n) is 19.9. The second-order valence-corrected chi connectivity index (χ2v) is 20.9. The van der Waals surface area contributed by atoms with Crippen LogP contribution in [0.1, 0.15) is 65.2 Å². The average Bonchev–Trinajstić information content (AvgIpc) is 2.56. The van der Waals surface area contributed by atoms with Gasteiger partial charge in [0.2, 0.25) is 0 Å². The van der Waals surface area contributed by atoms with Gasteiger partial charge in [-0.25, -0.2) is 0 Å². The van der Waals surface area contributed by atoms with Crippen LogP contribution in [0.25, 0.3) is 0 Å². The fraction of sp³-hybridized carbons (Fsp3) is 0.909. The molecule has 0 aromatic heterocycles. The van der Waals surface area contributed by atoms with Crippen molar-refractivity contribution in [2.24, 2.45) is 0 Å². The van der Waals surface area contributed by atoms with Gasteiger partial charge in [-0.2, -0.15) is 0 Å². The molecule has 166 valence electrons. The first-order valence-corrected chi connectivity index (χ1v) is 18.5. The van der Waals surface area contributed by atoms with Gasteiger partial charge in [0.15, 0.2) is 0 Å². The molecule has 0 aliphatic rings. The summed E-state index contributed by atoms with van der Waals surface area (Å²) in [5.41, 5.74) is -0.651. The molecule has 0 unspecified atom stereocenters. The molecule has 0 spiro atoms. The molecule has 0 radical (unpaired) electrons. The third kappa shape index (κ3) is 10.8. The van der Waals surface area contributed by atoms with Crippen molar-refractivity contribution in [2.45, 2.75) is 116 Å². The summed E-state index contributed by atoms with van der Waals surface area (Å²) >= 11 is 0. The Kier molecular flexibility index (Phi) is 13.3. The smallest absolute Gasteiger partial charge is 0.306 e. The summed E-state index contributed by atoms with van der Waals surface area (Å²) in [6.07, 6.45) is 8.61. The number of hydrogen-bond donors (Lipinski definition) is 0. The lowest BCUT2D eigenvalue weighted by molar-refractivity contribution is -0.150. The highest BCUT2D eigenvalue weighted by molar-refractivity contribution is 6.87. The molecule has 0 aliphatic heterocycles. The number of carbonyl (C=O) groups is 2. The minimum atomic E-state index is -1.96. The summed E-state index contributed by atoms with van der Waals surface area (Å²) in [4.78, 5) is 26.1. The van der Waals surface area contributed by atoms with E-state index in [9.17, 15) is 9.59 Å². The summed E-state index contributed by atoms with van der Waals surface area (Å²) in [7, 11) is -3.92. The van der Waals surface area contributed by atoms with Crippen molar-refractivity contribution < 1.29 is 19.1 Å². The van der Waals surface area contributed by atoms with Gasteiger partial charge < -0.3 is 9.47 Å². The highest BCUT2D eigenvalue weighted by Gasteiger charge is 2.50. The molecule has 0 aromatic carbocycles. The second-order valence-electron chi connectivity index (χ2n) is 10.1. The predicted octanol–water partition coefficient (Wildman–Crippen LogP) is 6.65. The SMILES string of the molecule is CCCCCCOC(=O)[C@H]([C@H](C(=O)OCCCCCC)[Si](C)(C)C)[Si](C)(C)C. The Bertz CT molecular complexity index is 410. The molecule has 28 heavy (non-hydrogen) atoms. The number of hydrogen-bond acceptors (Lipinski definition) is 4. The first kappa shape index (κ1) is 27.4. The van der Waals surface area contributed by atoms with E-state index in [0.717, 1.165) is 51.4 Å². The van der Waals surface area contributed by atoms with Crippen LogP contribution < -0.4 is 0 Å². The maximum atomic E-state index is 13.1. The van der Waals surface area contributed by atoms with Gasteiger partial charge in [0.25, 0.3) is 0 Å². The molecule has 0 amide bonds. The van der Waals surface area contributed by atoms with E-state index in [1.165, 1.54) is 0 Å². The molecule has 0 heterocycles. The van der Waals surface area contributed by atoms with Gasteiger partial charge in [0.1, 0.15) is 0 Å².